The molecule has 1 aromatic rings. The summed E-state index contributed by atoms with van der Waals surface area (Å²) in [5.41, 5.74) is 1.17. The van der Waals surface area contributed by atoms with Crippen molar-refractivity contribution in [3.8, 4) is 0 Å². The van der Waals surface area contributed by atoms with Crippen LogP contribution in [-0.2, 0) is 11.3 Å². The molecule has 0 aromatic carbocycles. The zero-order valence-electron chi connectivity index (χ0n) is 14.7. The van der Waals surface area contributed by atoms with Crippen molar-refractivity contribution in [3.05, 3.63) is 18.0 Å². The van der Waals surface area contributed by atoms with Crippen molar-refractivity contribution >= 4 is 11.9 Å². The van der Waals surface area contributed by atoms with Crippen LogP contribution < -0.4 is 10.6 Å². The van der Waals surface area contributed by atoms with Crippen molar-refractivity contribution in [2.24, 2.45) is 10.9 Å². The van der Waals surface area contributed by atoms with Gasteiger partial charge >= 0.3 is 0 Å². The van der Waals surface area contributed by atoms with Gasteiger partial charge in [0.05, 0.1) is 12.7 Å². The van der Waals surface area contributed by atoms with E-state index in [4.69, 9.17) is 0 Å². The van der Waals surface area contributed by atoms with Crippen LogP contribution in [0.1, 0.15) is 31.2 Å². The van der Waals surface area contributed by atoms with Crippen LogP contribution in [0.15, 0.2) is 17.4 Å². The first-order valence-corrected chi connectivity index (χ1v) is 8.90. The van der Waals surface area contributed by atoms with E-state index in [9.17, 15) is 4.79 Å². The van der Waals surface area contributed by atoms with Gasteiger partial charge in [-0.15, -0.1) is 0 Å². The monoisotopic (exact) mass is 332 g/mol. The SMILES string of the molecule is CN=C(NCCn1cc(C)cn1)NC1CCN(C(=O)C2CC2)CC1. The van der Waals surface area contributed by atoms with E-state index in [1.54, 1.807) is 7.05 Å². The first-order valence-electron chi connectivity index (χ1n) is 8.90. The summed E-state index contributed by atoms with van der Waals surface area (Å²) < 4.78 is 1.93. The summed E-state index contributed by atoms with van der Waals surface area (Å²) in [5, 5.41) is 11.1. The molecule has 1 saturated carbocycles. The van der Waals surface area contributed by atoms with Gasteiger partial charge in [0, 0.05) is 44.8 Å². The van der Waals surface area contributed by atoms with Crippen LogP contribution >= 0.6 is 0 Å². The normalized spacial score (nSPS) is 19.4. The quantitative estimate of drug-likeness (QED) is 0.617. The Morgan fingerprint density at radius 1 is 1.33 bits per heavy atom. The topological polar surface area (TPSA) is 74.6 Å². The molecule has 1 saturated heterocycles. The number of likely N-dealkylation sites (tertiary alicyclic amines) is 1. The van der Waals surface area contributed by atoms with Crippen LogP contribution in [0.4, 0.5) is 0 Å². The number of aromatic nitrogens is 2. The highest BCUT2D eigenvalue weighted by atomic mass is 16.2. The first-order chi connectivity index (χ1) is 11.7. The van der Waals surface area contributed by atoms with Gasteiger partial charge < -0.3 is 15.5 Å². The van der Waals surface area contributed by atoms with Crippen molar-refractivity contribution in [2.45, 2.75) is 45.2 Å². The maximum Gasteiger partial charge on any atom is 0.225 e. The van der Waals surface area contributed by atoms with Crippen molar-refractivity contribution in [1.82, 2.24) is 25.3 Å². The highest BCUT2D eigenvalue weighted by molar-refractivity contribution is 5.81. The maximum atomic E-state index is 12.1. The third kappa shape index (κ3) is 4.49. The summed E-state index contributed by atoms with van der Waals surface area (Å²) in [7, 11) is 1.79. The number of hydrogen-bond acceptors (Lipinski definition) is 3. The molecule has 0 atom stereocenters. The van der Waals surface area contributed by atoms with E-state index in [-0.39, 0.29) is 0 Å². The number of amides is 1. The second kappa shape index (κ2) is 7.68. The minimum atomic E-state index is 0.329. The summed E-state index contributed by atoms with van der Waals surface area (Å²) in [6, 6.07) is 0.381. The Hall–Kier alpha value is -2.05. The molecule has 0 radical (unpaired) electrons. The number of aryl methyl sites for hydroxylation is 1. The van der Waals surface area contributed by atoms with Crippen LogP contribution in [0.25, 0.3) is 0 Å². The summed E-state index contributed by atoms with van der Waals surface area (Å²) in [6.45, 7) is 5.34. The average molecular weight is 332 g/mol. The number of piperidine rings is 1. The summed E-state index contributed by atoms with van der Waals surface area (Å²) >= 11 is 0. The lowest BCUT2D eigenvalue weighted by Crippen LogP contribution is -2.50. The Morgan fingerprint density at radius 3 is 2.67 bits per heavy atom. The second-order valence-electron chi connectivity index (χ2n) is 6.80. The van der Waals surface area contributed by atoms with Gasteiger partial charge in [0.25, 0.3) is 0 Å². The predicted octanol–water partition coefficient (Wildman–Crippen LogP) is 0.758. The first kappa shape index (κ1) is 16.8. The molecule has 0 unspecified atom stereocenters. The average Bonchev–Trinajstić information content (AvgIpc) is 3.36. The molecule has 7 heteroatoms. The number of rotatable bonds is 5. The van der Waals surface area contributed by atoms with E-state index < -0.39 is 0 Å². The lowest BCUT2D eigenvalue weighted by molar-refractivity contribution is -0.133. The molecular formula is C17H28N6O. The molecule has 1 aliphatic heterocycles. The standard InChI is InChI=1S/C17H28N6O/c1-13-11-20-23(12-13)10-7-19-17(18-2)21-15-5-8-22(9-6-15)16(24)14-3-4-14/h11-12,14-15H,3-10H2,1-2H3,(H2,18,19,21). The van der Waals surface area contributed by atoms with Crippen LogP contribution in [-0.4, -0.2) is 59.3 Å². The number of aliphatic imine (C=N–C) groups is 1. The fourth-order valence-electron chi connectivity index (χ4n) is 3.10. The van der Waals surface area contributed by atoms with Crippen molar-refractivity contribution < 1.29 is 4.79 Å². The largest absolute Gasteiger partial charge is 0.355 e. The smallest absolute Gasteiger partial charge is 0.225 e. The zero-order valence-corrected chi connectivity index (χ0v) is 14.7. The Balaban J connectivity index is 1.37. The van der Waals surface area contributed by atoms with Crippen LogP contribution in [0.2, 0.25) is 0 Å². The lowest BCUT2D eigenvalue weighted by Gasteiger charge is -2.33. The lowest BCUT2D eigenvalue weighted by atomic mass is 10.0. The third-order valence-electron chi connectivity index (χ3n) is 4.69. The minimum absolute atomic E-state index is 0.329. The fraction of sp³-hybridized carbons (Fsp3) is 0.706. The number of nitrogens with zero attached hydrogens (tertiary/aromatic N) is 4. The van der Waals surface area contributed by atoms with Gasteiger partial charge in [-0.05, 0) is 38.2 Å². The van der Waals surface area contributed by atoms with E-state index in [0.717, 1.165) is 57.8 Å². The summed E-state index contributed by atoms with van der Waals surface area (Å²) in [6.07, 6.45) is 8.04. The molecule has 1 aromatic heterocycles. The summed E-state index contributed by atoms with van der Waals surface area (Å²) in [4.78, 5) is 18.4. The Labute approximate surface area is 143 Å². The molecule has 2 N–H and O–H groups in total. The number of carbonyl (C=O) groups is 1. The van der Waals surface area contributed by atoms with Gasteiger partial charge in [0.15, 0.2) is 5.96 Å². The van der Waals surface area contributed by atoms with Gasteiger partial charge in [-0.1, -0.05) is 0 Å². The molecule has 1 amide bonds. The molecule has 1 aliphatic carbocycles. The van der Waals surface area contributed by atoms with Gasteiger partial charge in [-0.25, -0.2) is 0 Å². The second-order valence-corrected chi connectivity index (χ2v) is 6.80. The molecule has 2 heterocycles. The molecule has 7 nitrogen and oxygen atoms in total. The highest BCUT2D eigenvalue weighted by Gasteiger charge is 2.34. The third-order valence-corrected chi connectivity index (χ3v) is 4.69. The van der Waals surface area contributed by atoms with E-state index in [1.807, 2.05) is 28.9 Å². The minimum Gasteiger partial charge on any atom is -0.355 e. The maximum absolute atomic E-state index is 12.1. The molecule has 24 heavy (non-hydrogen) atoms. The molecule has 3 rings (SSSR count). The Morgan fingerprint density at radius 2 is 2.08 bits per heavy atom. The number of guanidine groups is 1. The van der Waals surface area contributed by atoms with Gasteiger partial charge in [0.2, 0.25) is 5.91 Å². The van der Waals surface area contributed by atoms with Crippen molar-refractivity contribution in [1.29, 1.82) is 0 Å². The van der Waals surface area contributed by atoms with Crippen LogP contribution in [0.3, 0.4) is 0 Å². The van der Waals surface area contributed by atoms with E-state index in [2.05, 4.69) is 20.7 Å². The van der Waals surface area contributed by atoms with E-state index in [0.29, 0.717) is 17.9 Å². The molecule has 132 valence electrons. The predicted molar refractivity (Wildman–Crippen MR) is 93.8 cm³/mol. The van der Waals surface area contributed by atoms with Gasteiger partial charge in [-0.3, -0.25) is 14.5 Å². The number of nitrogens with one attached hydrogen (secondary N) is 2. The van der Waals surface area contributed by atoms with E-state index in [1.165, 1.54) is 5.56 Å². The van der Waals surface area contributed by atoms with Gasteiger partial charge in [0.1, 0.15) is 0 Å². The van der Waals surface area contributed by atoms with Crippen molar-refractivity contribution in [3.63, 3.8) is 0 Å². The summed E-state index contributed by atoms with van der Waals surface area (Å²) in [5.74, 6) is 1.52. The molecule has 0 bridgehead atoms. The Bertz CT molecular complexity index is 584. The van der Waals surface area contributed by atoms with Gasteiger partial charge in [-0.2, -0.15) is 5.10 Å². The van der Waals surface area contributed by atoms with Crippen molar-refractivity contribution in [2.75, 3.05) is 26.7 Å². The fourth-order valence-corrected chi connectivity index (χ4v) is 3.10. The number of hydrogen-bond donors (Lipinski definition) is 2. The van der Waals surface area contributed by atoms with Crippen LogP contribution in [0.5, 0.6) is 0 Å². The Kier molecular flexibility index (Phi) is 5.37. The highest BCUT2D eigenvalue weighted by Crippen LogP contribution is 2.31. The molecule has 2 aliphatic rings. The van der Waals surface area contributed by atoms with Crippen LogP contribution in [0, 0.1) is 12.8 Å². The molecular weight excluding hydrogens is 304 g/mol. The van der Waals surface area contributed by atoms with E-state index >= 15 is 0 Å². The number of carbonyl (C=O) groups excluding carboxylic acids is 1. The molecule has 2 fully saturated rings. The zero-order chi connectivity index (χ0) is 16.9. The molecule has 0 spiro atoms.